The molecule has 1 heterocycles. The van der Waals surface area contributed by atoms with E-state index < -0.39 is 0 Å². The summed E-state index contributed by atoms with van der Waals surface area (Å²) in [6.45, 7) is 0. The van der Waals surface area contributed by atoms with Crippen molar-refractivity contribution in [3.63, 3.8) is 0 Å². The van der Waals surface area contributed by atoms with E-state index in [4.69, 9.17) is 0 Å². The topological polar surface area (TPSA) is 46.9 Å². The molecule has 2 atom stereocenters. The van der Waals surface area contributed by atoms with E-state index in [2.05, 4.69) is 16.6 Å². The summed E-state index contributed by atoms with van der Waals surface area (Å²) in [5.74, 6) is 0.538. The number of aromatic nitrogens is 2. The quantitative estimate of drug-likeness (QED) is 0.907. The minimum Gasteiger partial charge on any atom is -0.363 e. The standard InChI is InChI=1S/C13H19N3OS/c1-18-11-5-2-9(8-11)15-12-13(17)16(7-6-14-12)10-3-4-10/h6-7,9-11H,2-5,8H2,1H3,(H,14,15). The van der Waals surface area contributed by atoms with Gasteiger partial charge >= 0.3 is 0 Å². The largest absolute Gasteiger partial charge is 0.363 e. The molecule has 2 unspecified atom stereocenters. The third-order valence-electron chi connectivity index (χ3n) is 3.87. The second-order valence-electron chi connectivity index (χ2n) is 5.23. The second kappa shape index (κ2) is 4.96. The van der Waals surface area contributed by atoms with Crippen molar-refractivity contribution in [2.45, 2.75) is 49.4 Å². The van der Waals surface area contributed by atoms with Crippen LogP contribution in [0.4, 0.5) is 5.82 Å². The molecule has 0 radical (unpaired) electrons. The molecule has 0 aromatic carbocycles. The molecule has 4 nitrogen and oxygen atoms in total. The van der Waals surface area contributed by atoms with Crippen LogP contribution in [0.15, 0.2) is 17.2 Å². The van der Waals surface area contributed by atoms with E-state index in [-0.39, 0.29) is 5.56 Å². The summed E-state index contributed by atoms with van der Waals surface area (Å²) in [5.41, 5.74) is 0.0487. The van der Waals surface area contributed by atoms with E-state index in [9.17, 15) is 4.79 Å². The van der Waals surface area contributed by atoms with Gasteiger partial charge in [-0.2, -0.15) is 11.8 Å². The summed E-state index contributed by atoms with van der Waals surface area (Å²) >= 11 is 1.93. The molecule has 0 saturated heterocycles. The van der Waals surface area contributed by atoms with Crippen molar-refractivity contribution < 1.29 is 0 Å². The van der Waals surface area contributed by atoms with Crippen molar-refractivity contribution in [2.75, 3.05) is 11.6 Å². The third kappa shape index (κ3) is 2.41. The molecule has 98 valence electrons. The summed E-state index contributed by atoms with van der Waals surface area (Å²) < 4.78 is 1.83. The smallest absolute Gasteiger partial charge is 0.293 e. The van der Waals surface area contributed by atoms with Crippen LogP contribution < -0.4 is 10.9 Å². The summed E-state index contributed by atoms with van der Waals surface area (Å²) in [5, 5.41) is 4.07. The first-order valence-corrected chi connectivity index (χ1v) is 7.93. The van der Waals surface area contributed by atoms with Crippen LogP contribution in [0.5, 0.6) is 0 Å². The maximum Gasteiger partial charge on any atom is 0.293 e. The van der Waals surface area contributed by atoms with Gasteiger partial charge in [0.05, 0.1) is 0 Å². The number of nitrogens with zero attached hydrogens (tertiary/aromatic N) is 2. The normalized spacial score (nSPS) is 27.4. The molecule has 0 aliphatic heterocycles. The zero-order valence-electron chi connectivity index (χ0n) is 10.6. The molecule has 1 aromatic rings. The van der Waals surface area contributed by atoms with E-state index >= 15 is 0 Å². The highest BCUT2D eigenvalue weighted by atomic mass is 32.2. The number of rotatable bonds is 4. The molecule has 2 saturated carbocycles. The number of thioether (sulfide) groups is 1. The lowest BCUT2D eigenvalue weighted by Gasteiger charge is -2.14. The molecule has 0 spiro atoms. The van der Waals surface area contributed by atoms with Crippen molar-refractivity contribution in [1.29, 1.82) is 0 Å². The second-order valence-corrected chi connectivity index (χ2v) is 6.37. The van der Waals surface area contributed by atoms with E-state index in [1.807, 2.05) is 22.5 Å². The molecule has 2 fully saturated rings. The van der Waals surface area contributed by atoms with Gasteiger partial charge in [-0.1, -0.05) is 0 Å². The van der Waals surface area contributed by atoms with Gasteiger partial charge in [0.25, 0.3) is 5.56 Å². The molecule has 0 amide bonds. The van der Waals surface area contributed by atoms with Gasteiger partial charge in [0.15, 0.2) is 5.82 Å². The minimum atomic E-state index is 0.0487. The van der Waals surface area contributed by atoms with E-state index in [0.29, 0.717) is 17.9 Å². The van der Waals surface area contributed by atoms with Crippen molar-refractivity contribution >= 4 is 17.6 Å². The van der Waals surface area contributed by atoms with Crippen LogP contribution in [0.3, 0.4) is 0 Å². The first-order chi connectivity index (χ1) is 8.78. The average Bonchev–Trinajstić information content (AvgIpc) is 3.12. The maximum absolute atomic E-state index is 12.2. The van der Waals surface area contributed by atoms with Crippen LogP contribution in [0.1, 0.15) is 38.1 Å². The van der Waals surface area contributed by atoms with Crippen molar-refractivity contribution in [3.05, 3.63) is 22.7 Å². The molecule has 2 aliphatic carbocycles. The van der Waals surface area contributed by atoms with Gasteiger partial charge in [-0.05, 0) is 38.4 Å². The Bertz CT molecular complexity index is 483. The molecular weight excluding hydrogens is 246 g/mol. The van der Waals surface area contributed by atoms with Gasteiger partial charge in [0, 0.05) is 29.7 Å². The lowest BCUT2D eigenvalue weighted by molar-refractivity contribution is 0.688. The summed E-state index contributed by atoms with van der Waals surface area (Å²) in [6, 6.07) is 0.835. The van der Waals surface area contributed by atoms with Gasteiger partial charge in [0.1, 0.15) is 0 Å². The fraction of sp³-hybridized carbons (Fsp3) is 0.692. The molecule has 0 bridgehead atoms. The number of hydrogen-bond acceptors (Lipinski definition) is 4. The van der Waals surface area contributed by atoms with Crippen molar-refractivity contribution in [3.8, 4) is 0 Å². The monoisotopic (exact) mass is 265 g/mol. The van der Waals surface area contributed by atoms with Gasteiger partial charge in [-0.25, -0.2) is 4.98 Å². The highest BCUT2D eigenvalue weighted by Gasteiger charge is 2.27. The predicted octanol–water partition coefficient (Wildman–Crippen LogP) is 2.27. The zero-order valence-corrected chi connectivity index (χ0v) is 11.4. The van der Waals surface area contributed by atoms with Crippen LogP contribution >= 0.6 is 11.8 Å². The molecule has 5 heteroatoms. The Labute approximate surface area is 111 Å². The number of anilines is 1. The average molecular weight is 265 g/mol. The van der Waals surface area contributed by atoms with E-state index in [1.165, 1.54) is 6.42 Å². The molecule has 18 heavy (non-hydrogen) atoms. The van der Waals surface area contributed by atoms with E-state index in [1.54, 1.807) is 6.20 Å². The van der Waals surface area contributed by atoms with Gasteiger partial charge in [0.2, 0.25) is 0 Å². The number of hydrogen-bond donors (Lipinski definition) is 1. The fourth-order valence-corrected chi connectivity index (χ4v) is 3.44. The third-order valence-corrected chi connectivity index (χ3v) is 4.96. The van der Waals surface area contributed by atoms with Crippen LogP contribution in [-0.4, -0.2) is 27.1 Å². The van der Waals surface area contributed by atoms with Gasteiger partial charge in [-0.15, -0.1) is 0 Å². The Kier molecular flexibility index (Phi) is 3.33. The molecule has 1 aromatic heterocycles. The summed E-state index contributed by atoms with van der Waals surface area (Å²) in [6.07, 6.45) is 11.5. The summed E-state index contributed by atoms with van der Waals surface area (Å²) in [4.78, 5) is 16.4. The van der Waals surface area contributed by atoms with Crippen LogP contribution in [-0.2, 0) is 0 Å². The Morgan fingerprint density at radius 1 is 1.39 bits per heavy atom. The van der Waals surface area contributed by atoms with Crippen LogP contribution in [0.25, 0.3) is 0 Å². The Balaban J connectivity index is 1.73. The highest BCUT2D eigenvalue weighted by Crippen LogP contribution is 2.33. The Morgan fingerprint density at radius 3 is 2.89 bits per heavy atom. The lowest BCUT2D eigenvalue weighted by atomic mass is 10.2. The molecule has 1 N–H and O–H groups in total. The van der Waals surface area contributed by atoms with Crippen LogP contribution in [0.2, 0.25) is 0 Å². The Hall–Kier alpha value is -0.970. The predicted molar refractivity (Wildman–Crippen MR) is 75.3 cm³/mol. The molecular formula is C13H19N3OS. The number of nitrogens with one attached hydrogen (secondary N) is 1. The van der Waals surface area contributed by atoms with Gasteiger partial charge < -0.3 is 9.88 Å². The van der Waals surface area contributed by atoms with E-state index in [0.717, 1.165) is 30.9 Å². The lowest BCUT2D eigenvalue weighted by Crippen LogP contribution is -2.27. The maximum atomic E-state index is 12.2. The zero-order chi connectivity index (χ0) is 12.5. The summed E-state index contributed by atoms with van der Waals surface area (Å²) in [7, 11) is 0. The minimum absolute atomic E-state index is 0.0487. The van der Waals surface area contributed by atoms with Crippen molar-refractivity contribution in [2.24, 2.45) is 0 Å². The SMILES string of the molecule is CSC1CCC(Nc2nccn(C3CC3)c2=O)C1. The Morgan fingerprint density at radius 2 is 2.22 bits per heavy atom. The van der Waals surface area contributed by atoms with Crippen LogP contribution in [0, 0.1) is 0 Å². The highest BCUT2D eigenvalue weighted by molar-refractivity contribution is 7.99. The fourth-order valence-electron chi connectivity index (χ4n) is 2.64. The molecule has 2 aliphatic rings. The first kappa shape index (κ1) is 12.1. The van der Waals surface area contributed by atoms with Crippen molar-refractivity contribution in [1.82, 2.24) is 9.55 Å². The molecule has 3 rings (SSSR count). The first-order valence-electron chi connectivity index (χ1n) is 6.64. The van der Waals surface area contributed by atoms with Gasteiger partial charge in [-0.3, -0.25) is 4.79 Å².